The molecule has 0 saturated heterocycles. The van der Waals surface area contributed by atoms with Gasteiger partial charge < -0.3 is 0 Å². The number of rotatable bonds is 0. The van der Waals surface area contributed by atoms with Crippen molar-refractivity contribution in [2.75, 3.05) is 0 Å². The average molecular weight is 198 g/mol. The van der Waals surface area contributed by atoms with Gasteiger partial charge in [-0.2, -0.15) is 0 Å². The summed E-state index contributed by atoms with van der Waals surface area (Å²) in [6.07, 6.45) is 1.76. The molecule has 0 spiro atoms. The third-order valence-corrected chi connectivity index (χ3v) is 2.62. The van der Waals surface area contributed by atoms with Crippen LogP contribution in [0.15, 0.2) is 24.4 Å². The zero-order valence-electron chi connectivity index (χ0n) is 8.60. The van der Waals surface area contributed by atoms with E-state index in [-0.39, 0.29) is 0 Å². The number of para-hydroxylation sites is 1. The normalized spacial score (nSPS) is 11.3. The monoisotopic (exact) mass is 198 g/mol. The van der Waals surface area contributed by atoms with Gasteiger partial charge in [0.1, 0.15) is 5.82 Å². The Hall–Kier alpha value is -1.97. The Balaban J connectivity index is 2.64. The second-order valence-electron chi connectivity index (χ2n) is 3.64. The summed E-state index contributed by atoms with van der Waals surface area (Å²) >= 11 is 0. The summed E-state index contributed by atoms with van der Waals surface area (Å²) in [5.41, 5.74) is 4.04. The lowest BCUT2D eigenvalue weighted by Gasteiger charge is -2.03. The zero-order chi connectivity index (χ0) is 10.4. The van der Waals surface area contributed by atoms with Gasteiger partial charge in [-0.15, -0.1) is 10.2 Å². The highest BCUT2D eigenvalue weighted by Crippen LogP contribution is 2.17. The highest BCUT2D eigenvalue weighted by Gasteiger charge is 2.06. The van der Waals surface area contributed by atoms with Crippen molar-refractivity contribution in [3.05, 3.63) is 35.8 Å². The number of fused-ring (bicyclic) bond motifs is 3. The Morgan fingerprint density at radius 3 is 2.87 bits per heavy atom. The van der Waals surface area contributed by atoms with E-state index in [0.29, 0.717) is 0 Å². The molecule has 0 aliphatic carbocycles. The molecule has 2 aromatic heterocycles. The molecule has 0 amide bonds. The predicted octanol–water partition coefficient (Wildman–Crippen LogP) is 1.89. The highest BCUT2D eigenvalue weighted by molar-refractivity contribution is 5.80. The summed E-state index contributed by atoms with van der Waals surface area (Å²) in [7, 11) is 0. The summed E-state index contributed by atoms with van der Waals surface area (Å²) in [6.45, 7) is 4.00. The van der Waals surface area contributed by atoms with Crippen LogP contribution in [0, 0.1) is 13.8 Å². The minimum Gasteiger partial charge on any atom is -0.276 e. The van der Waals surface area contributed by atoms with Gasteiger partial charge in [0.05, 0.1) is 17.2 Å². The fourth-order valence-electron chi connectivity index (χ4n) is 1.87. The Kier molecular flexibility index (Phi) is 1.54. The molecule has 0 radical (unpaired) electrons. The van der Waals surface area contributed by atoms with Gasteiger partial charge in [0.2, 0.25) is 0 Å². The molecule has 74 valence electrons. The lowest BCUT2D eigenvalue weighted by molar-refractivity contribution is 1.02. The molecule has 2 heterocycles. The standard InChI is InChI=1S/C11H10N4/c1-7-4-3-5-9-11(7)12-6-10-14-13-8(2)15(9)10/h3-6H,1-2H3. The maximum atomic E-state index is 4.40. The smallest absolute Gasteiger partial charge is 0.179 e. The molecule has 0 bridgehead atoms. The second kappa shape index (κ2) is 2.76. The fraction of sp³-hybridized carbons (Fsp3) is 0.182. The molecule has 0 fully saturated rings. The van der Waals surface area contributed by atoms with E-state index in [2.05, 4.69) is 28.2 Å². The Bertz CT molecular complexity index is 654. The molecular weight excluding hydrogens is 188 g/mol. The van der Waals surface area contributed by atoms with Crippen molar-refractivity contribution in [1.82, 2.24) is 19.6 Å². The predicted molar refractivity (Wildman–Crippen MR) is 57.8 cm³/mol. The minimum atomic E-state index is 0.797. The van der Waals surface area contributed by atoms with Crippen LogP contribution < -0.4 is 0 Å². The van der Waals surface area contributed by atoms with E-state index in [4.69, 9.17) is 0 Å². The first-order valence-corrected chi connectivity index (χ1v) is 4.83. The van der Waals surface area contributed by atoms with Crippen LogP contribution >= 0.6 is 0 Å². The van der Waals surface area contributed by atoms with Crippen molar-refractivity contribution >= 4 is 16.7 Å². The van der Waals surface area contributed by atoms with Gasteiger partial charge in [-0.3, -0.25) is 9.38 Å². The van der Waals surface area contributed by atoms with Crippen LogP contribution in [-0.4, -0.2) is 19.6 Å². The first-order valence-electron chi connectivity index (χ1n) is 4.83. The molecule has 3 aromatic rings. The van der Waals surface area contributed by atoms with E-state index in [9.17, 15) is 0 Å². The Labute approximate surface area is 86.6 Å². The fourth-order valence-corrected chi connectivity index (χ4v) is 1.87. The van der Waals surface area contributed by atoms with Gasteiger partial charge in [0.15, 0.2) is 5.65 Å². The molecule has 0 unspecified atom stereocenters. The zero-order valence-corrected chi connectivity index (χ0v) is 8.60. The van der Waals surface area contributed by atoms with E-state index in [1.807, 2.05) is 23.5 Å². The van der Waals surface area contributed by atoms with Gasteiger partial charge >= 0.3 is 0 Å². The quantitative estimate of drug-likeness (QED) is 0.554. The molecule has 0 saturated carbocycles. The van der Waals surface area contributed by atoms with Crippen LogP contribution in [0.5, 0.6) is 0 Å². The summed E-state index contributed by atoms with van der Waals surface area (Å²) in [5, 5.41) is 8.10. The molecule has 4 nitrogen and oxygen atoms in total. The largest absolute Gasteiger partial charge is 0.276 e. The number of hydrogen-bond donors (Lipinski definition) is 0. The van der Waals surface area contributed by atoms with Crippen molar-refractivity contribution in [3.63, 3.8) is 0 Å². The maximum absolute atomic E-state index is 4.40. The van der Waals surface area contributed by atoms with E-state index >= 15 is 0 Å². The van der Waals surface area contributed by atoms with Crippen LogP contribution in [0.3, 0.4) is 0 Å². The number of aromatic nitrogens is 4. The molecule has 1 aromatic carbocycles. The molecule has 0 atom stereocenters. The topological polar surface area (TPSA) is 43.1 Å². The summed E-state index contributed by atoms with van der Waals surface area (Å²) in [6, 6.07) is 6.12. The molecule has 4 heteroatoms. The molecule has 0 aliphatic heterocycles. The highest BCUT2D eigenvalue weighted by atomic mass is 15.2. The first kappa shape index (κ1) is 8.35. The molecule has 3 rings (SSSR count). The van der Waals surface area contributed by atoms with E-state index in [1.165, 1.54) is 5.56 Å². The lowest BCUT2D eigenvalue weighted by Crippen LogP contribution is -1.94. The van der Waals surface area contributed by atoms with Crippen molar-refractivity contribution in [1.29, 1.82) is 0 Å². The van der Waals surface area contributed by atoms with Crippen LogP contribution in [0.2, 0.25) is 0 Å². The van der Waals surface area contributed by atoms with Crippen molar-refractivity contribution in [2.24, 2.45) is 0 Å². The minimum absolute atomic E-state index is 0.797. The van der Waals surface area contributed by atoms with Crippen LogP contribution in [0.25, 0.3) is 16.7 Å². The third kappa shape index (κ3) is 1.05. The third-order valence-electron chi connectivity index (χ3n) is 2.62. The summed E-state index contributed by atoms with van der Waals surface area (Å²) in [4.78, 5) is 4.40. The number of hydrogen-bond acceptors (Lipinski definition) is 3. The van der Waals surface area contributed by atoms with Gasteiger partial charge in [-0.1, -0.05) is 12.1 Å². The Morgan fingerprint density at radius 2 is 2.00 bits per heavy atom. The van der Waals surface area contributed by atoms with Crippen molar-refractivity contribution in [3.8, 4) is 0 Å². The van der Waals surface area contributed by atoms with Crippen molar-refractivity contribution in [2.45, 2.75) is 13.8 Å². The molecule has 0 aliphatic rings. The maximum Gasteiger partial charge on any atom is 0.179 e. The van der Waals surface area contributed by atoms with Crippen LogP contribution in [0.4, 0.5) is 0 Å². The second-order valence-corrected chi connectivity index (χ2v) is 3.64. The number of nitrogens with zero attached hydrogens (tertiary/aromatic N) is 4. The lowest BCUT2D eigenvalue weighted by atomic mass is 10.2. The average Bonchev–Trinajstić information content (AvgIpc) is 2.61. The molecular formula is C11H10N4. The van der Waals surface area contributed by atoms with Gasteiger partial charge in [-0.25, -0.2) is 0 Å². The first-order chi connectivity index (χ1) is 7.27. The van der Waals surface area contributed by atoms with E-state index in [1.54, 1.807) is 6.20 Å². The summed E-state index contributed by atoms with van der Waals surface area (Å²) < 4.78 is 2.02. The van der Waals surface area contributed by atoms with Gasteiger partial charge in [-0.05, 0) is 25.5 Å². The Morgan fingerprint density at radius 1 is 1.13 bits per heavy atom. The molecule has 0 N–H and O–H groups in total. The molecule has 15 heavy (non-hydrogen) atoms. The van der Waals surface area contributed by atoms with Crippen molar-refractivity contribution < 1.29 is 0 Å². The van der Waals surface area contributed by atoms with Crippen LogP contribution in [0.1, 0.15) is 11.4 Å². The van der Waals surface area contributed by atoms with Crippen LogP contribution in [-0.2, 0) is 0 Å². The van der Waals surface area contributed by atoms with E-state index < -0.39 is 0 Å². The summed E-state index contributed by atoms with van der Waals surface area (Å²) in [5.74, 6) is 0.892. The van der Waals surface area contributed by atoms with Gasteiger partial charge in [0, 0.05) is 0 Å². The van der Waals surface area contributed by atoms with Gasteiger partial charge in [0.25, 0.3) is 0 Å². The number of aryl methyl sites for hydroxylation is 2. The van der Waals surface area contributed by atoms with E-state index in [0.717, 1.165) is 22.5 Å². The number of benzene rings is 1. The SMILES string of the molecule is Cc1cccc2c1ncc1nnc(C)n12.